The van der Waals surface area contributed by atoms with Crippen LogP contribution < -0.4 is 5.32 Å². The normalized spacial score (nSPS) is 32.9. The minimum atomic E-state index is -1.18. The number of carbonyl (C=O) groups excluding carboxylic acids is 3. The lowest BCUT2D eigenvalue weighted by Gasteiger charge is -2.21. The number of anilines is 1. The van der Waals surface area contributed by atoms with Crippen LogP contribution in [-0.4, -0.2) is 67.8 Å². The molecule has 0 aromatic carbocycles. The lowest BCUT2D eigenvalue weighted by molar-refractivity contribution is -0.138. The van der Waals surface area contributed by atoms with Gasteiger partial charge >= 0.3 is 0 Å². The summed E-state index contributed by atoms with van der Waals surface area (Å²) in [6.07, 6.45) is 3.70. The van der Waals surface area contributed by atoms with Gasteiger partial charge in [0.1, 0.15) is 17.9 Å². The van der Waals surface area contributed by atoms with Crippen LogP contribution >= 0.6 is 0 Å². The Morgan fingerprint density at radius 2 is 1.97 bits per heavy atom. The second-order valence-electron chi connectivity index (χ2n) is 8.79. The van der Waals surface area contributed by atoms with Crippen molar-refractivity contribution in [2.75, 3.05) is 25.1 Å². The highest BCUT2D eigenvalue weighted by atomic mass is 16.5. The predicted molar refractivity (Wildman–Crippen MR) is 104 cm³/mol. The molecule has 158 valence electrons. The number of Topliss-reactive ketones (excluding diaryl/α,β-unsaturated/α-hetero) is 3. The van der Waals surface area contributed by atoms with Gasteiger partial charge in [-0.25, -0.2) is 15.0 Å². The van der Waals surface area contributed by atoms with E-state index in [1.807, 2.05) is 0 Å². The van der Waals surface area contributed by atoms with Crippen LogP contribution in [0.4, 0.5) is 5.82 Å². The summed E-state index contributed by atoms with van der Waals surface area (Å²) in [5, 5.41) is 13.1. The van der Waals surface area contributed by atoms with Crippen LogP contribution in [0.5, 0.6) is 0 Å². The number of hydrogen-bond acceptors (Lipinski definition) is 9. The molecular weight excluding hydrogens is 390 g/mol. The molecule has 3 fully saturated rings. The molecule has 0 radical (unpaired) electrons. The van der Waals surface area contributed by atoms with E-state index in [2.05, 4.69) is 20.3 Å². The third-order valence-corrected chi connectivity index (χ3v) is 6.78. The van der Waals surface area contributed by atoms with Gasteiger partial charge in [-0.3, -0.25) is 14.4 Å². The van der Waals surface area contributed by atoms with Gasteiger partial charge in [0, 0.05) is 12.5 Å². The molecule has 5 atom stereocenters. The number of nitrogens with zero attached hydrogens (tertiary/aromatic N) is 4. The SMILES string of the molecule is CC1(C)C(=O)[C@@H]2[C@@H](C1=O)[C@@H](n1cnc3c(NC4CCOC4)ncnc31)C(=O)[C@H]2CO. The van der Waals surface area contributed by atoms with Crippen molar-refractivity contribution in [1.82, 2.24) is 19.5 Å². The largest absolute Gasteiger partial charge is 0.396 e. The molecule has 0 spiro atoms. The first kappa shape index (κ1) is 19.3. The molecule has 5 rings (SSSR count). The number of aliphatic hydroxyl groups is 1. The highest BCUT2D eigenvalue weighted by Crippen LogP contribution is 2.53. The van der Waals surface area contributed by atoms with E-state index in [9.17, 15) is 19.5 Å². The Labute approximate surface area is 172 Å². The summed E-state index contributed by atoms with van der Waals surface area (Å²) in [5.41, 5.74) is -0.285. The maximum absolute atomic E-state index is 13.2. The number of carbonyl (C=O) groups is 3. The molecule has 30 heavy (non-hydrogen) atoms. The average Bonchev–Trinajstić information content (AvgIpc) is 3.47. The summed E-state index contributed by atoms with van der Waals surface area (Å²) in [4.78, 5) is 52.2. The molecule has 0 bridgehead atoms. The third-order valence-electron chi connectivity index (χ3n) is 6.78. The second kappa shape index (κ2) is 6.64. The van der Waals surface area contributed by atoms with Gasteiger partial charge in [-0.1, -0.05) is 0 Å². The Kier molecular flexibility index (Phi) is 4.26. The maximum atomic E-state index is 13.2. The number of ether oxygens (including phenoxy) is 1. The van der Waals surface area contributed by atoms with Crippen molar-refractivity contribution in [2.24, 2.45) is 23.2 Å². The molecule has 10 heteroatoms. The summed E-state index contributed by atoms with van der Waals surface area (Å²) >= 11 is 0. The highest BCUT2D eigenvalue weighted by Gasteiger charge is 2.66. The molecule has 1 aliphatic heterocycles. The molecule has 2 saturated carbocycles. The van der Waals surface area contributed by atoms with Gasteiger partial charge in [0.05, 0.1) is 42.8 Å². The maximum Gasteiger partial charge on any atom is 0.166 e. The average molecular weight is 413 g/mol. The van der Waals surface area contributed by atoms with Crippen LogP contribution in [0.15, 0.2) is 12.7 Å². The molecule has 2 aliphatic carbocycles. The van der Waals surface area contributed by atoms with Gasteiger partial charge in [0.25, 0.3) is 0 Å². The van der Waals surface area contributed by atoms with Crippen molar-refractivity contribution in [1.29, 1.82) is 0 Å². The van der Waals surface area contributed by atoms with Gasteiger partial charge in [0.15, 0.2) is 28.8 Å². The Morgan fingerprint density at radius 3 is 2.67 bits per heavy atom. The fourth-order valence-electron chi connectivity index (χ4n) is 5.14. The van der Waals surface area contributed by atoms with E-state index in [4.69, 9.17) is 4.74 Å². The first-order valence-corrected chi connectivity index (χ1v) is 10.1. The zero-order valence-electron chi connectivity index (χ0n) is 16.7. The van der Waals surface area contributed by atoms with Crippen LogP contribution in [0.25, 0.3) is 11.2 Å². The molecule has 3 heterocycles. The molecule has 0 amide bonds. The zero-order chi connectivity index (χ0) is 21.2. The standard InChI is InChI=1S/C20H23N5O5/c1-20(2)16(28)11-10(5-26)15(27)14(12(11)17(20)29)25-8-23-13-18(21-7-22-19(13)25)24-9-3-4-30-6-9/h7-12,14,26H,3-6H2,1-2H3,(H,21,22,24)/t9?,10-,11-,12+,14+/m0/s1. The molecule has 10 nitrogen and oxygen atoms in total. The lowest BCUT2D eigenvalue weighted by atomic mass is 9.83. The number of aliphatic hydroxyl groups excluding tert-OH is 1. The zero-order valence-corrected chi connectivity index (χ0v) is 16.7. The van der Waals surface area contributed by atoms with Crippen LogP contribution in [-0.2, 0) is 19.1 Å². The summed E-state index contributed by atoms with van der Waals surface area (Å²) in [6.45, 7) is 3.95. The molecule has 2 N–H and O–H groups in total. The smallest absolute Gasteiger partial charge is 0.166 e. The summed E-state index contributed by atoms with van der Waals surface area (Å²) in [5.74, 6) is -2.90. The van der Waals surface area contributed by atoms with E-state index >= 15 is 0 Å². The van der Waals surface area contributed by atoms with Crippen molar-refractivity contribution in [3.8, 4) is 0 Å². The lowest BCUT2D eigenvalue weighted by Crippen LogP contribution is -2.35. The Morgan fingerprint density at radius 1 is 1.20 bits per heavy atom. The van der Waals surface area contributed by atoms with Crippen molar-refractivity contribution in [3.63, 3.8) is 0 Å². The Bertz CT molecular complexity index is 1060. The second-order valence-corrected chi connectivity index (χ2v) is 8.79. The fraction of sp³-hybridized carbons (Fsp3) is 0.600. The van der Waals surface area contributed by atoms with Gasteiger partial charge in [0.2, 0.25) is 0 Å². The van der Waals surface area contributed by atoms with Crippen molar-refractivity contribution in [3.05, 3.63) is 12.7 Å². The van der Waals surface area contributed by atoms with Gasteiger partial charge in [-0.05, 0) is 20.3 Å². The molecule has 2 aromatic heterocycles. The molecule has 1 unspecified atom stereocenters. The van der Waals surface area contributed by atoms with Crippen LogP contribution in [0, 0.1) is 23.2 Å². The van der Waals surface area contributed by atoms with Crippen molar-refractivity contribution >= 4 is 34.3 Å². The minimum absolute atomic E-state index is 0.111. The quantitative estimate of drug-likeness (QED) is 0.672. The fourth-order valence-corrected chi connectivity index (χ4v) is 5.14. The van der Waals surface area contributed by atoms with Crippen molar-refractivity contribution in [2.45, 2.75) is 32.4 Å². The van der Waals surface area contributed by atoms with E-state index in [1.54, 1.807) is 18.4 Å². The monoisotopic (exact) mass is 413 g/mol. The van der Waals surface area contributed by atoms with Gasteiger partial charge < -0.3 is 19.7 Å². The first-order chi connectivity index (χ1) is 14.4. The van der Waals surface area contributed by atoms with E-state index in [0.29, 0.717) is 30.2 Å². The van der Waals surface area contributed by atoms with Crippen LogP contribution in [0.2, 0.25) is 0 Å². The summed E-state index contributed by atoms with van der Waals surface area (Å²) < 4.78 is 6.95. The molecular formula is C20H23N5O5. The van der Waals surface area contributed by atoms with E-state index in [1.165, 1.54) is 12.7 Å². The predicted octanol–water partition coefficient (Wildman–Crippen LogP) is 0.170. The third kappa shape index (κ3) is 2.50. The number of nitrogens with one attached hydrogen (secondary N) is 1. The number of imidazole rings is 1. The minimum Gasteiger partial charge on any atom is -0.396 e. The first-order valence-electron chi connectivity index (χ1n) is 10.1. The summed E-state index contributed by atoms with van der Waals surface area (Å²) in [7, 11) is 0. The number of fused-ring (bicyclic) bond motifs is 2. The molecule has 2 aromatic rings. The van der Waals surface area contributed by atoms with E-state index < -0.39 is 35.8 Å². The van der Waals surface area contributed by atoms with Crippen LogP contribution in [0.1, 0.15) is 26.3 Å². The van der Waals surface area contributed by atoms with E-state index in [-0.39, 0.29) is 23.4 Å². The molecule has 1 saturated heterocycles. The van der Waals surface area contributed by atoms with Gasteiger partial charge in [-0.15, -0.1) is 0 Å². The number of aromatic nitrogens is 4. The topological polar surface area (TPSA) is 136 Å². The van der Waals surface area contributed by atoms with Crippen LogP contribution in [0.3, 0.4) is 0 Å². The van der Waals surface area contributed by atoms with E-state index in [0.717, 1.165) is 6.42 Å². The van der Waals surface area contributed by atoms with Gasteiger partial charge in [-0.2, -0.15) is 0 Å². The highest BCUT2D eigenvalue weighted by molar-refractivity contribution is 6.19. The Balaban J connectivity index is 1.59. The summed E-state index contributed by atoms with van der Waals surface area (Å²) in [6, 6.07) is -0.813. The number of hydrogen-bond donors (Lipinski definition) is 2. The number of rotatable bonds is 4. The Hall–Kier alpha value is -2.72. The van der Waals surface area contributed by atoms with Crippen molar-refractivity contribution < 1.29 is 24.2 Å². The number of ketones is 3. The molecule has 3 aliphatic rings.